The number of anilines is 1. The van der Waals surface area contributed by atoms with Gasteiger partial charge in [0.2, 0.25) is 0 Å². The number of pyridine rings is 2. The predicted molar refractivity (Wildman–Crippen MR) is 149 cm³/mol. The Labute approximate surface area is 237 Å². The van der Waals surface area contributed by atoms with Gasteiger partial charge in [-0.25, -0.2) is 14.6 Å². The van der Waals surface area contributed by atoms with Crippen molar-refractivity contribution in [1.29, 1.82) is 0 Å². The topological polar surface area (TPSA) is 137 Å². The lowest BCUT2D eigenvalue weighted by Crippen LogP contribution is -2.49. The molecule has 0 unspecified atom stereocenters. The minimum Gasteiger partial charge on any atom is -0.478 e. The molecule has 2 N–H and O–H groups in total. The number of benzene rings is 1. The Hall–Kier alpha value is -4.39. The SMILES string of the molecule is O=C(O)c1ccc(CN2CCN(C(=O)Oc3ccc(NC(=O)c4ccc(CN5CCOCC5)cc4)nc3)CC2)nc1. The molecule has 2 aromatic heterocycles. The third-order valence-corrected chi connectivity index (χ3v) is 7.00. The van der Waals surface area contributed by atoms with Crippen molar-refractivity contribution >= 4 is 23.8 Å². The summed E-state index contributed by atoms with van der Waals surface area (Å²) in [5.74, 6) is -0.644. The zero-order chi connectivity index (χ0) is 28.6. The Balaban J connectivity index is 1.05. The van der Waals surface area contributed by atoms with Crippen LogP contribution in [-0.2, 0) is 17.8 Å². The molecule has 214 valence electrons. The lowest BCUT2D eigenvalue weighted by atomic mass is 10.1. The number of piperazine rings is 1. The van der Waals surface area contributed by atoms with E-state index in [4.69, 9.17) is 14.6 Å². The van der Waals surface area contributed by atoms with Gasteiger partial charge in [-0.3, -0.25) is 19.6 Å². The van der Waals surface area contributed by atoms with Gasteiger partial charge in [-0.2, -0.15) is 0 Å². The number of hydrogen-bond acceptors (Lipinski definition) is 9. The van der Waals surface area contributed by atoms with Gasteiger partial charge in [0.25, 0.3) is 5.91 Å². The highest BCUT2D eigenvalue weighted by molar-refractivity contribution is 6.03. The third-order valence-electron chi connectivity index (χ3n) is 7.00. The first kappa shape index (κ1) is 28.1. The number of nitrogens with zero attached hydrogens (tertiary/aromatic N) is 5. The number of carbonyl (C=O) groups excluding carboxylic acids is 2. The molecule has 0 radical (unpaired) electrons. The van der Waals surface area contributed by atoms with Crippen molar-refractivity contribution in [2.45, 2.75) is 13.1 Å². The quantitative estimate of drug-likeness (QED) is 0.423. The maximum Gasteiger partial charge on any atom is 0.415 e. The largest absolute Gasteiger partial charge is 0.478 e. The monoisotopic (exact) mass is 560 g/mol. The normalized spacial score (nSPS) is 16.2. The molecule has 2 amide bonds. The number of rotatable bonds is 8. The van der Waals surface area contributed by atoms with Gasteiger partial charge >= 0.3 is 12.1 Å². The predicted octanol–water partition coefficient (Wildman–Crippen LogP) is 2.58. The van der Waals surface area contributed by atoms with E-state index in [2.05, 4.69) is 25.1 Å². The zero-order valence-electron chi connectivity index (χ0n) is 22.6. The van der Waals surface area contributed by atoms with Gasteiger partial charge < -0.3 is 24.8 Å². The van der Waals surface area contributed by atoms with Crippen LogP contribution in [0.4, 0.5) is 10.6 Å². The highest BCUT2D eigenvalue weighted by Crippen LogP contribution is 2.16. The average Bonchev–Trinajstić information content (AvgIpc) is 2.99. The lowest BCUT2D eigenvalue weighted by Gasteiger charge is -2.33. The van der Waals surface area contributed by atoms with E-state index in [1.165, 1.54) is 18.5 Å². The standard InChI is InChI=1S/C29H32N6O6/c36-27(22-3-1-21(2-4-22)19-34-13-15-40-16-14-34)32-26-8-7-25(18-31-26)41-29(39)35-11-9-33(10-12-35)20-24-6-5-23(17-30-24)28(37)38/h1-8,17-18H,9-16,19-20H2,(H,37,38)(H,31,32,36). The number of aromatic nitrogens is 2. The summed E-state index contributed by atoms with van der Waals surface area (Å²) >= 11 is 0. The van der Waals surface area contributed by atoms with Crippen molar-refractivity contribution in [3.8, 4) is 5.75 Å². The van der Waals surface area contributed by atoms with E-state index in [1.807, 2.05) is 12.1 Å². The van der Waals surface area contributed by atoms with Crippen LogP contribution in [0.2, 0.25) is 0 Å². The summed E-state index contributed by atoms with van der Waals surface area (Å²) in [6, 6.07) is 13.9. The number of amides is 2. The molecule has 1 aromatic carbocycles. The fraction of sp³-hybridized carbons (Fsp3) is 0.345. The molecule has 0 aliphatic carbocycles. The van der Waals surface area contributed by atoms with Gasteiger partial charge in [0.05, 0.1) is 30.7 Å². The number of morpholine rings is 1. The molecule has 0 spiro atoms. The molecule has 41 heavy (non-hydrogen) atoms. The molecule has 3 aromatic rings. The minimum atomic E-state index is -1.01. The van der Waals surface area contributed by atoms with E-state index < -0.39 is 12.1 Å². The van der Waals surface area contributed by atoms with Crippen molar-refractivity contribution in [1.82, 2.24) is 24.7 Å². The van der Waals surface area contributed by atoms with Crippen LogP contribution in [0, 0.1) is 0 Å². The molecule has 2 saturated heterocycles. The molecule has 0 saturated carbocycles. The van der Waals surface area contributed by atoms with Crippen molar-refractivity contribution in [3.63, 3.8) is 0 Å². The van der Waals surface area contributed by atoms with Gasteiger partial charge in [0.15, 0.2) is 5.75 Å². The van der Waals surface area contributed by atoms with Crippen LogP contribution in [0.3, 0.4) is 0 Å². The smallest absolute Gasteiger partial charge is 0.415 e. The summed E-state index contributed by atoms with van der Waals surface area (Å²) in [6.45, 7) is 6.93. The number of nitrogens with one attached hydrogen (secondary N) is 1. The highest BCUT2D eigenvalue weighted by Gasteiger charge is 2.23. The number of carboxylic acids is 1. The molecule has 4 heterocycles. The summed E-state index contributed by atoms with van der Waals surface area (Å²) in [4.78, 5) is 50.8. The first-order valence-electron chi connectivity index (χ1n) is 13.5. The van der Waals surface area contributed by atoms with Crippen LogP contribution in [0.1, 0.15) is 32.0 Å². The molecule has 2 aliphatic heterocycles. The zero-order valence-corrected chi connectivity index (χ0v) is 22.6. The van der Waals surface area contributed by atoms with Crippen LogP contribution in [0.25, 0.3) is 0 Å². The van der Waals surface area contributed by atoms with Gasteiger partial charge in [0.1, 0.15) is 5.82 Å². The summed E-state index contributed by atoms with van der Waals surface area (Å²) in [7, 11) is 0. The molecule has 0 atom stereocenters. The van der Waals surface area contributed by atoms with Crippen molar-refractivity contribution in [3.05, 3.63) is 83.3 Å². The first-order valence-corrected chi connectivity index (χ1v) is 13.5. The van der Waals surface area contributed by atoms with Crippen LogP contribution in [0.5, 0.6) is 5.75 Å². The lowest BCUT2D eigenvalue weighted by molar-refractivity contribution is 0.0342. The van der Waals surface area contributed by atoms with Crippen LogP contribution >= 0.6 is 0 Å². The molecule has 12 nitrogen and oxygen atoms in total. The van der Waals surface area contributed by atoms with Crippen LogP contribution < -0.4 is 10.1 Å². The Morgan fingerprint density at radius 2 is 1.51 bits per heavy atom. The number of hydrogen-bond donors (Lipinski definition) is 2. The molecule has 5 rings (SSSR count). The van der Waals surface area contributed by atoms with Gasteiger partial charge in [-0.15, -0.1) is 0 Å². The van der Waals surface area contributed by atoms with Crippen molar-refractivity contribution in [2.75, 3.05) is 57.8 Å². The molecule has 12 heteroatoms. The first-order chi connectivity index (χ1) is 19.9. The van der Waals surface area contributed by atoms with E-state index in [0.717, 1.165) is 44.1 Å². The Bertz CT molecular complexity index is 1340. The summed E-state index contributed by atoms with van der Waals surface area (Å²) in [5.41, 5.74) is 2.58. The fourth-order valence-corrected chi connectivity index (χ4v) is 4.61. The molecule has 2 fully saturated rings. The highest BCUT2D eigenvalue weighted by atomic mass is 16.6. The van der Waals surface area contributed by atoms with Gasteiger partial charge in [-0.05, 0) is 42.0 Å². The summed E-state index contributed by atoms with van der Waals surface area (Å²) in [6.07, 6.45) is 2.28. The maximum atomic E-state index is 12.7. The van der Waals surface area contributed by atoms with E-state index in [1.54, 1.807) is 35.2 Å². The number of ether oxygens (including phenoxy) is 2. The number of carboxylic acid groups (broad SMARTS) is 1. The minimum absolute atomic E-state index is 0.149. The number of carbonyl (C=O) groups is 3. The fourth-order valence-electron chi connectivity index (χ4n) is 4.61. The number of aromatic carboxylic acids is 1. The average molecular weight is 561 g/mol. The second-order valence-corrected chi connectivity index (χ2v) is 9.89. The van der Waals surface area contributed by atoms with Gasteiger partial charge in [0, 0.05) is 64.1 Å². The van der Waals surface area contributed by atoms with Crippen molar-refractivity contribution in [2.24, 2.45) is 0 Å². The second kappa shape index (κ2) is 13.3. The van der Waals surface area contributed by atoms with Gasteiger partial charge in [-0.1, -0.05) is 12.1 Å². The summed E-state index contributed by atoms with van der Waals surface area (Å²) < 4.78 is 10.9. The summed E-state index contributed by atoms with van der Waals surface area (Å²) in [5, 5.41) is 11.8. The van der Waals surface area contributed by atoms with E-state index >= 15 is 0 Å². The molecule has 2 aliphatic rings. The van der Waals surface area contributed by atoms with Crippen molar-refractivity contribution < 1.29 is 29.0 Å². The molecular formula is C29H32N6O6. The van der Waals surface area contributed by atoms with E-state index in [9.17, 15) is 14.4 Å². The molecule has 0 bridgehead atoms. The van der Waals surface area contributed by atoms with Crippen LogP contribution in [0.15, 0.2) is 60.9 Å². The maximum absolute atomic E-state index is 12.7. The Morgan fingerprint density at radius 1 is 0.805 bits per heavy atom. The van der Waals surface area contributed by atoms with E-state index in [-0.39, 0.29) is 17.2 Å². The third kappa shape index (κ3) is 7.84. The molecular weight excluding hydrogens is 528 g/mol. The van der Waals surface area contributed by atoms with Crippen LogP contribution in [-0.4, -0.2) is 100 Å². The van der Waals surface area contributed by atoms with E-state index in [0.29, 0.717) is 44.1 Å². The second-order valence-electron chi connectivity index (χ2n) is 9.89. The Kier molecular flexibility index (Phi) is 9.14. The Morgan fingerprint density at radius 3 is 2.15 bits per heavy atom.